The Balaban J connectivity index is 1.51. The van der Waals surface area contributed by atoms with Crippen LogP contribution in [0.1, 0.15) is 28.3 Å². The van der Waals surface area contributed by atoms with Gasteiger partial charge in [-0.2, -0.15) is 0 Å². The quantitative estimate of drug-likeness (QED) is 0.444. The van der Waals surface area contributed by atoms with Crippen LogP contribution in [0.5, 0.6) is 0 Å². The van der Waals surface area contributed by atoms with Crippen LogP contribution in [0.2, 0.25) is 0 Å². The molecule has 1 aromatic carbocycles. The fourth-order valence-electron chi connectivity index (χ4n) is 3.48. The molecule has 31 heavy (non-hydrogen) atoms. The standard InChI is InChI=1S/C24H25N5O2/c1-29(12-5-13-31-2)24(30)22-16-18-14-17(7-8-19(18)27-22)15-23-26-11-9-21(28-23)20-6-3-4-10-25-20/h3-4,6-11,14,16,27H,5,12-13,15H2,1-2H3. The Morgan fingerprint density at radius 2 is 1.97 bits per heavy atom. The summed E-state index contributed by atoms with van der Waals surface area (Å²) < 4.78 is 5.06. The maximum Gasteiger partial charge on any atom is 0.270 e. The minimum atomic E-state index is -0.0275. The predicted molar refractivity (Wildman–Crippen MR) is 120 cm³/mol. The van der Waals surface area contributed by atoms with Crippen LogP contribution in [-0.2, 0) is 11.2 Å². The number of aromatic amines is 1. The minimum Gasteiger partial charge on any atom is -0.385 e. The molecule has 0 aliphatic carbocycles. The third kappa shape index (κ3) is 4.95. The summed E-state index contributed by atoms with van der Waals surface area (Å²) in [6.45, 7) is 1.29. The summed E-state index contributed by atoms with van der Waals surface area (Å²) in [7, 11) is 3.47. The molecule has 0 unspecified atom stereocenters. The molecule has 1 N–H and O–H groups in total. The van der Waals surface area contributed by atoms with Gasteiger partial charge in [0.05, 0.1) is 11.4 Å². The number of methoxy groups -OCH3 is 1. The number of hydrogen-bond donors (Lipinski definition) is 1. The first-order chi connectivity index (χ1) is 15.1. The lowest BCUT2D eigenvalue weighted by molar-refractivity contribution is 0.0774. The van der Waals surface area contributed by atoms with Gasteiger partial charge in [0.1, 0.15) is 11.5 Å². The topological polar surface area (TPSA) is 84.0 Å². The number of benzene rings is 1. The lowest BCUT2D eigenvalue weighted by Crippen LogP contribution is -2.28. The molecule has 7 nitrogen and oxygen atoms in total. The molecule has 0 saturated carbocycles. The number of aromatic nitrogens is 4. The largest absolute Gasteiger partial charge is 0.385 e. The maximum atomic E-state index is 12.7. The maximum absolute atomic E-state index is 12.7. The number of H-pyrrole nitrogens is 1. The van der Waals surface area contributed by atoms with Gasteiger partial charge in [-0.25, -0.2) is 9.97 Å². The van der Waals surface area contributed by atoms with Gasteiger partial charge in [-0.1, -0.05) is 12.1 Å². The molecule has 158 valence electrons. The Morgan fingerprint density at radius 3 is 2.77 bits per heavy atom. The molecule has 0 radical (unpaired) electrons. The first-order valence-corrected chi connectivity index (χ1v) is 10.2. The minimum absolute atomic E-state index is 0.0275. The van der Waals surface area contributed by atoms with Crippen molar-refractivity contribution in [2.75, 3.05) is 27.3 Å². The van der Waals surface area contributed by atoms with Crippen molar-refractivity contribution < 1.29 is 9.53 Å². The number of pyridine rings is 1. The van der Waals surface area contributed by atoms with Crippen LogP contribution in [0.3, 0.4) is 0 Å². The number of fused-ring (bicyclic) bond motifs is 1. The number of ether oxygens (including phenoxy) is 1. The highest BCUT2D eigenvalue weighted by Crippen LogP contribution is 2.20. The van der Waals surface area contributed by atoms with Gasteiger partial charge in [0, 0.05) is 57.0 Å². The highest BCUT2D eigenvalue weighted by molar-refractivity contribution is 5.98. The molecule has 0 bridgehead atoms. The van der Waals surface area contributed by atoms with Crippen molar-refractivity contribution in [3.8, 4) is 11.4 Å². The molecular formula is C24H25N5O2. The first kappa shape index (κ1) is 20.7. The number of rotatable bonds is 8. The van der Waals surface area contributed by atoms with Crippen LogP contribution in [0.15, 0.2) is 60.9 Å². The summed E-state index contributed by atoms with van der Waals surface area (Å²) >= 11 is 0. The zero-order chi connectivity index (χ0) is 21.6. The highest BCUT2D eigenvalue weighted by atomic mass is 16.5. The molecule has 3 heterocycles. The van der Waals surface area contributed by atoms with Crippen molar-refractivity contribution in [3.05, 3.63) is 78.0 Å². The van der Waals surface area contributed by atoms with Crippen molar-refractivity contribution in [2.24, 2.45) is 0 Å². The second-order valence-electron chi connectivity index (χ2n) is 7.43. The van der Waals surface area contributed by atoms with Crippen molar-refractivity contribution in [1.82, 2.24) is 24.8 Å². The SMILES string of the molecule is COCCCN(C)C(=O)c1cc2cc(Cc3nccc(-c4ccccn4)n3)ccc2[nH]1. The van der Waals surface area contributed by atoms with Gasteiger partial charge in [-0.3, -0.25) is 9.78 Å². The first-order valence-electron chi connectivity index (χ1n) is 10.2. The third-order valence-electron chi connectivity index (χ3n) is 5.10. The molecule has 0 spiro atoms. The summed E-state index contributed by atoms with van der Waals surface area (Å²) in [5.41, 5.74) is 4.22. The number of carbonyl (C=O) groups is 1. The van der Waals surface area contributed by atoms with E-state index in [1.54, 1.807) is 31.5 Å². The molecule has 0 aliphatic rings. The predicted octanol–water partition coefficient (Wildman–Crippen LogP) is 3.72. The smallest absolute Gasteiger partial charge is 0.270 e. The van der Waals surface area contributed by atoms with E-state index in [1.165, 1.54) is 0 Å². The van der Waals surface area contributed by atoms with Crippen molar-refractivity contribution >= 4 is 16.8 Å². The molecule has 0 fully saturated rings. The Hall–Kier alpha value is -3.58. The molecule has 0 atom stereocenters. The molecule has 1 amide bonds. The second kappa shape index (κ2) is 9.49. The molecule has 0 aliphatic heterocycles. The Labute approximate surface area is 181 Å². The second-order valence-corrected chi connectivity index (χ2v) is 7.43. The van der Waals surface area contributed by atoms with Gasteiger partial charge in [0.25, 0.3) is 5.91 Å². The van der Waals surface area contributed by atoms with Crippen molar-refractivity contribution in [1.29, 1.82) is 0 Å². The van der Waals surface area contributed by atoms with Crippen LogP contribution >= 0.6 is 0 Å². The average Bonchev–Trinajstić information content (AvgIpc) is 3.23. The van der Waals surface area contributed by atoms with E-state index in [4.69, 9.17) is 4.74 Å². The van der Waals surface area contributed by atoms with Crippen molar-refractivity contribution in [2.45, 2.75) is 12.8 Å². The fourth-order valence-corrected chi connectivity index (χ4v) is 3.48. The van der Waals surface area contributed by atoms with Crippen LogP contribution < -0.4 is 0 Å². The Kier molecular flexibility index (Phi) is 6.33. The van der Waals surface area contributed by atoms with Gasteiger partial charge < -0.3 is 14.6 Å². The van der Waals surface area contributed by atoms with Crippen LogP contribution in [0.25, 0.3) is 22.3 Å². The molecule has 4 rings (SSSR count). The average molecular weight is 415 g/mol. The van der Waals surface area contributed by atoms with E-state index in [1.807, 2.05) is 42.5 Å². The third-order valence-corrected chi connectivity index (χ3v) is 5.10. The van der Waals surface area contributed by atoms with E-state index in [-0.39, 0.29) is 5.91 Å². The summed E-state index contributed by atoms with van der Waals surface area (Å²) in [6, 6.07) is 15.6. The van der Waals surface area contributed by atoms with E-state index in [2.05, 4.69) is 26.0 Å². The monoisotopic (exact) mass is 415 g/mol. The van der Waals surface area contributed by atoms with E-state index in [0.29, 0.717) is 25.3 Å². The number of nitrogens with one attached hydrogen (secondary N) is 1. The van der Waals surface area contributed by atoms with E-state index in [0.717, 1.165) is 40.1 Å². The zero-order valence-corrected chi connectivity index (χ0v) is 17.7. The van der Waals surface area contributed by atoms with Crippen LogP contribution in [-0.4, -0.2) is 58.1 Å². The summed E-state index contributed by atoms with van der Waals surface area (Å²) in [6.07, 6.45) is 4.92. The molecule has 7 heteroatoms. The van der Waals surface area contributed by atoms with Gasteiger partial charge in [-0.05, 0) is 48.4 Å². The highest BCUT2D eigenvalue weighted by Gasteiger charge is 2.14. The van der Waals surface area contributed by atoms with Gasteiger partial charge in [0.2, 0.25) is 0 Å². The molecule has 3 aromatic heterocycles. The number of hydrogen-bond acceptors (Lipinski definition) is 5. The van der Waals surface area contributed by atoms with Crippen LogP contribution in [0.4, 0.5) is 0 Å². The van der Waals surface area contributed by atoms with Crippen LogP contribution in [0, 0.1) is 0 Å². The summed E-state index contributed by atoms with van der Waals surface area (Å²) in [4.78, 5) is 31.1. The van der Waals surface area contributed by atoms with E-state index < -0.39 is 0 Å². The number of nitrogens with zero attached hydrogens (tertiary/aromatic N) is 4. The van der Waals surface area contributed by atoms with Gasteiger partial charge in [-0.15, -0.1) is 0 Å². The fraction of sp³-hybridized carbons (Fsp3) is 0.250. The lowest BCUT2D eigenvalue weighted by atomic mass is 10.1. The van der Waals surface area contributed by atoms with Crippen molar-refractivity contribution in [3.63, 3.8) is 0 Å². The summed E-state index contributed by atoms with van der Waals surface area (Å²) in [5, 5.41) is 0.993. The Morgan fingerprint density at radius 1 is 1.06 bits per heavy atom. The molecular weight excluding hydrogens is 390 g/mol. The molecule has 0 saturated heterocycles. The molecule has 4 aromatic rings. The van der Waals surface area contributed by atoms with E-state index >= 15 is 0 Å². The summed E-state index contributed by atoms with van der Waals surface area (Å²) in [5.74, 6) is 0.701. The normalized spacial score (nSPS) is 11.0. The number of carbonyl (C=O) groups excluding carboxylic acids is 1. The zero-order valence-electron chi connectivity index (χ0n) is 17.7. The number of amides is 1. The van der Waals surface area contributed by atoms with Gasteiger partial charge >= 0.3 is 0 Å². The van der Waals surface area contributed by atoms with E-state index in [9.17, 15) is 4.79 Å². The van der Waals surface area contributed by atoms with Gasteiger partial charge in [0.15, 0.2) is 0 Å². The lowest BCUT2D eigenvalue weighted by Gasteiger charge is -2.15. The Bertz CT molecular complexity index is 1170.